The zero-order valence-electron chi connectivity index (χ0n) is 20.2. The van der Waals surface area contributed by atoms with Crippen LogP contribution in [0.4, 0.5) is 0 Å². The Kier molecular flexibility index (Phi) is 6.96. The number of oxazole rings is 1. The molecule has 0 saturated carbocycles. The Morgan fingerprint density at radius 2 is 1.78 bits per heavy atom. The van der Waals surface area contributed by atoms with Crippen LogP contribution in [-0.4, -0.2) is 32.5 Å². The van der Waals surface area contributed by atoms with Gasteiger partial charge in [0.25, 0.3) is 10.0 Å². The number of fused-ring (bicyclic) bond motifs is 1. The summed E-state index contributed by atoms with van der Waals surface area (Å²) in [4.78, 5) is 17.3. The molecule has 4 aromatic rings. The van der Waals surface area contributed by atoms with Crippen LogP contribution in [0.25, 0.3) is 11.5 Å². The molecular weight excluding hydrogens is 492 g/mol. The summed E-state index contributed by atoms with van der Waals surface area (Å²) < 4.78 is 44.6. The number of ether oxygens (including phenoxy) is 2. The minimum absolute atomic E-state index is 0.0411. The topological polar surface area (TPSA) is 108 Å². The number of aryl methyl sites for hydroxylation is 1. The molecule has 0 spiro atoms. The van der Waals surface area contributed by atoms with E-state index in [-0.39, 0.29) is 11.5 Å². The minimum Gasteiger partial charge on any atom is -0.493 e. The van der Waals surface area contributed by atoms with Crippen molar-refractivity contribution in [1.82, 2.24) is 9.71 Å². The van der Waals surface area contributed by atoms with Crippen LogP contribution in [0.3, 0.4) is 0 Å². The second-order valence-corrected chi connectivity index (χ2v) is 10.4. The lowest BCUT2D eigenvalue weighted by atomic mass is 9.96. The lowest BCUT2D eigenvalue weighted by Gasteiger charge is -2.25. The molecule has 2 heterocycles. The molecule has 0 aliphatic carbocycles. The van der Waals surface area contributed by atoms with Crippen LogP contribution < -0.4 is 14.2 Å². The highest BCUT2D eigenvalue weighted by Crippen LogP contribution is 2.31. The van der Waals surface area contributed by atoms with Crippen LogP contribution >= 0.6 is 0 Å². The molecule has 37 heavy (non-hydrogen) atoms. The normalized spacial score (nSPS) is 14.9. The quantitative estimate of drug-likeness (QED) is 0.370. The first kappa shape index (κ1) is 24.6. The third-order valence-corrected chi connectivity index (χ3v) is 7.49. The van der Waals surface area contributed by atoms with E-state index in [4.69, 9.17) is 13.9 Å². The van der Waals surface area contributed by atoms with E-state index in [0.29, 0.717) is 36.8 Å². The summed E-state index contributed by atoms with van der Waals surface area (Å²) in [5, 5.41) is 0. The first-order chi connectivity index (χ1) is 17.9. The van der Waals surface area contributed by atoms with Gasteiger partial charge in [-0.2, -0.15) is 0 Å². The van der Waals surface area contributed by atoms with Gasteiger partial charge in [0.05, 0.1) is 23.1 Å². The van der Waals surface area contributed by atoms with Crippen molar-refractivity contribution in [2.45, 2.75) is 24.7 Å². The molecule has 1 aliphatic rings. The molecule has 0 fully saturated rings. The summed E-state index contributed by atoms with van der Waals surface area (Å²) in [5.41, 5.74) is 2.58. The SMILES string of the molecule is Cc1oc(-c2ccccc2)nc1CCOc1ccc2c(c1)OCC(C(=O)NS(=O)(=O)c1ccccc1)C2. The summed E-state index contributed by atoms with van der Waals surface area (Å²) in [6, 6.07) is 23.0. The van der Waals surface area contributed by atoms with E-state index < -0.39 is 21.8 Å². The van der Waals surface area contributed by atoms with Gasteiger partial charge in [0.2, 0.25) is 11.8 Å². The first-order valence-electron chi connectivity index (χ1n) is 11.9. The maximum absolute atomic E-state index is 12.7. The zero-order valence-corrected chi connectivity index (χ0v) is 21.0. The number of nitrogens with zero attached hydrogens (tertiary/aromatic N) is 1. The fraction of sp³-hybridized carbons (Fsp3) is 0.214. The Morgan fingerprint density at radius 3 is 2.54 bits per heavy atom. The van der Waals surface area contributed by atoms with E-state index in [1.807, 2.05) is 49.4 Å². The summed E-state index contributed by atoms with van der Waals surface area (Å²) in [6.45, 7) is 2.37. The third-order valence-electron chi connectivity index (χ3n) is 6.13. The van der Waals surface area contributed by atoms with Crippen LogP contribution in [0, 0.1) is 12.8 Å². The molecule has 1 amide bonds. The van der Waals surface area contributed by atoms with Gasteiger partial charge in [0, 0.05) is 18.1 Å². The molecule has 0 radical (unpaired) electrons. The van der Waals surface area contributed by atoms with Crippen LogP contribution in [0.15, 0.2) is 88.2 Å². The van der Waals surface area contributed by atoms with Crippen LogP contribution in [0.5, 0.6) is 11.5 Å². The van der Waals surface area contributed by atoms with Crippen molar-refractivity contribution in [1.29, 1.82) is 0 Å². The number of hydrogen-bond acceptors (Lipinski definition) is 7. The molecule has 9 heteroatoms. The van der Waals surface area contributed by atoms with E-state index in [9.17, 15) is 13.2 Å². The number of sulfonamides is 1. The number of aromatic nitrogens is 1. The van der Waals surface area contributed by atoms with Gasteiger partial charge in [-0.25, -0.2) is 18.1 Å². The fourth-order valence-electron chi connectivity index (χ4n) is 4.11. The second-order valence-electron chi connectivity index (χ2n) is 8.75. The van der Waals surface area contributed by atoms with E-state index >= 15 is 0 Å². The van der Waals surface area contributed by atoms with Gasteiger partial charge in [-0.15, -0.1) is 0 Å². The molecule has 1 atom stereocenters. The van der Waals surface area contributed by atoms with E-state index in [1.165, 1.54) is 12.1 Å². The van der Waals surface area contributed by atoms with Gasteiger partial charge in [0.15, 0.2) is 0 Å². The first-order valence-corrected chi connectivity index (χ1v) is 13.4. The Morgan fingerprint density at radius 1 is 1.05 bits per heavy atom. The van der Waals surface area contributed by atoms with E-state index in [2.05, 4.69) is 9.71 Å². The maximum Gasteiger partial charge on any atom is 0.264 e. The zero-order chi connectivity index (χ0) is 25.8. The van der Waals surface area contributed by atoms with E-state index in [1.54, 1.807) is 24.3 Å². The highest BCUT2D eigenvalue weighted by molar-refractivity contribution is 7.90. The fourth-order valence-corrected chi connectivity index (χ4v) is 5.18. The third kappa shape index (κ3) is 5.67. The predicted octanol–water partition coefficient (Wildman–Crippen LogP) is 4.33. The Bertz CT molecular complexity index is 1500. The number of carbonyl (C=O) groups is 1. The number of nitrogens with one attached hydrogen (secondary N) is 1. The second kappa shape index (κ2) is 10.5. The molecule has 190 valence electrons. The highest BCUT2D eigenvalue weighted by atomic mass is 32.2. The Balaban J connectivity index is 1.17. The van der Waals surface area contributed by atoms with Crippen LogP contribution in [0.2, 0.25) is 0 Å². The van der Waals surface area contributed by atoms with E-state index in [0.717, 1.165) is 22.6 Å². The molecule has 1 N–H and O–H groups in total. The highest BCUT2D eigenvalue weighted by Gasteiger charge is 2.29. The number of amides is 1. The summed E-state index contributed by atoms with van der Waals surface area (Å²) >= 11 is 0. The summed E-state index contributed by atoms with van der Waals surface area (Å²) in [6.07, 6.45) is 0.949. The molecule has 0 bridgehead atoms. The van der Waals surface area contributed by atoms with Gasteiger partial charge in [-0.1, -0.05) is 42.5 Å². The smallest absolute Gasteiger partial charge is 0.264 e. The summed E-state index contributed by atoms with van der Waals surface area (Å²) in [5.74, 6) is 1.40. The van der Waals surface area contributed by atoms with Crippen molar-refractivity contribution in [2.24, 2.45) is 5.92 Å². The molecular formula is C28H26N2O6S. The Hall–Kier alpha value is -4.11. The van der Waals surface area contributed by atoms with Gasteiger partial charge in [0.1, 0.15) is 23.9 Å². The van der Waals surface area contributed by atoms with Gasteiger partial charge >= 0.3 is 0 Å². The lowest BCUT2D eigenvalue weighted by molar-refractivity contribution is -0.124. The summed E-state index contributed by atoms with van der Waals surface area (Å²) in [7, 11) is -3.93. The molecule has 8 nitrogen and oxygen atoms in total. The maximum atomic E-state index is 12.7. The number of rotatable bonds is 8. The van der Waals surface area contributed by atoms with Crippen molar-refractivity contribution in [3.63, 3.8) is 0 Å². The minimum atomic E-state index is -3.93. The average molecular weight is 519 g/mol. The monoisotopic (exact) mass is 518 g/mol. The largest absolute Gasteiger partial charge is 0.493 e. The molecule has 1 unspecified atom stereocenters. The van der Waals surface area contributed by atoms with Crippen LogP contribution in [0.1, 0.15) is 17.0 Å². The molecule has 0 saturated heterocycles. The van der Waals surface area contributed by atoms with Gasteiger partial charge in [-0.05, 0) is 49.2 Å². The van der Waals surface area contributed by atoms with Crippen molar-refractivity contribution >= 4 is 15.9 Å². The Labute approximate surface area is 215 Å². The number of hydrogen-bond donors (Lipinski definition) is 1. The van der Waals surface area contributed by atoms with Crippen molar-refractivity contribution in [3.8, 4) is 23.0 Å². The average Bonchev–Trinajstić information content (AvgIpc) is 3.29. The number of carbonyl (C=O) groups excluding carboxylic acids is 1. The van der Waals surface area contributed by atoms with Crippen molar-refractivity contribution in [3.05, 3.63) is 95.9 Å². The predicted molar refractivity (Wildman–Crippen MR) is 137 cm³/mol. The van der Waals surface area contributed by atoms with Gasteiger partial charge in [-0.3, -0.25) is 4.79 Å². The standard InChI is InChI=1S/C28H26N2O6S/c1-19-25(29-28(36-19)20-8-4-2-5-9-20)14-15-34-23-13-12-21-16-22(18-35-26(21)17-23)27(31)30-37(32,33)24-10-6-3-7-11-24/h2-13,17,22H,14-16,18H2,1H3,(H,30,31). The molecule has 3 aromatic carbocycles. The molecule has 1 aromatic heterocycles. The lowest BCUT2D eigenvalue weighted by Crippen LogP contribution is -2.40. The molecule has 1 aliphatic heterocycles. The number of benzene rings is 3. The van der Waals surface area contributed by atoms with Gasteiger partial charge < -0.3 is 13.9 Å². The molecule has 5 rings (SSSR count). The van der Waals surface area contributed by atoms with Crippen molar-refractivity contribution in [2.75, 3.05) is 13.2 Å². The van der Waals surface area contributed by atoms with Crippen molar-refractivity contribution < 1.29 is 27.1 Å². The van der Waals surface area contributed by atoms with Crippen LogP contribution in [-0.2, 0) is 27.7 Å².